The Morgan fingerprint density at radius 3 is 2.55 bits per heavy atom. The summed E-state index contributed by atoms with van der Waals surface area (Å²) in [5.41, 5.74) is 0.853. The molecule has 0 radical (unpaired) electrons. The molecule has 0 bridgehead atoms. The molecule has 2 aromatic carbocycles. The largest absolute Gasteiger partial charge is 0.573 e. The number of nitrogens with zero attached hydrogens (tertiary/aromatic N) is 2. The normalized spacial score (nSPS) is 12.5. The molecule has 0 atom stereocenters. The number of halogens is 3. The first-order valence-electron chi connectivity index (χ1n) is 8.91. The van der Waals surface area contributed by atoms with Crippen LogP contribution in [0.25, 0.3) is 11.3 Å². The fraction of sp³-hybridized carbons (Fsp3) is 0.150. The van der Waals surface area contributed by atoms with Gasteiger partial charge in [-0.2, -0.15) is 5.10 Å². The van der Waals surface area contributed by atoms with Gasteiger partial charge in [-0.3, -0.25) is 9.59 Å². The number of fused-ring (bicyclic) bond motifs is 1. The maximum absolute atomic E-state index is 12.3. The highest BCUT2D eigenvalue weighted by atomic mass is 19.4. The van der Waals surface area contributed by atoms with Gasteiger partial charge in [-0.15, -0.1) is 13.2 Å². The summed E-state index contributed by atoms with van der Waals surface area (Å²) in [6.07, 6.45) is -4.80. The number of hydrogen-bond acceptors (Lipinski definition) is 6. The molecule has 160 valence electrons. The van der Waals surface area contributed by atoms with Gasteiger partial charge in [0.05, 0.1) is 5.69 Å². The predicted molar refractivity (Wildman–Crippen MR) is 102 cm³/mol. The van der Waals surface area contributed by atoms with Gasteiger partial charge >= 0.3 is 6.36 Å². The third-order valence-electron chi connectivity index (χ3n) is 4.20. The van der Waals surface area contributed by atoms with Crippen molar-refractivity contribution in [2.45, 2.75) is 12.9 Å². The third-order valence-corrected chi connectivity index (χ3v) is 4.20. The Morgan fingerprint density at radius 2 is 1.81 bits per heavy atom. The number of hydrogen-bond donors (Lipinski definition) is 1. The maximum Gasteiger partial charge on any atom is 0.573 e. The van der Waals surface area contributed by atoms with E-state index in [2.05, 4.69) is 15.2 Å². The number of benzene rings is 2. The Labute approximate surface area is 172 Å². The minimum Gasteiger partial charge on any atom is -0.454 e. The van der Waals surface area contributed by atoms with E-state index in [-0.39, 0.29) is 12.5 Å². The molecule has 0 spiro atoms. The van der Waals surface area contributed by atoms with Crippen molar-refractivity contribution in [3.8, 4) is 28.5 Å². The first-order chi connectivity index (χ1) is 14.8. The molecule has 0 saturated heterocycles. The van der Waals surface area contributed by atoms with Gasteiger partial charge in [0.1, 0.15) is 12.3 Å². The number of carbonyl (C=O) groups is 1. The maximum atomic E-state index is 12.3. The lowest BCUT2D eigenvalue weighted by Gasteiger charge is -2.11. The number of nitrogens with one attached hydrogen (secondary N) is 1. The zero-order valence-corrected chi connectivity index (χ0v) is 15.7. The van der Waals surface area contributed by atoms with Crippen molar-refractivity contribution >= 4 is 11.6 Å². The van der Waals surface area contributed by atoms with E-state index in [1.807, 2.05) is 0 Å². The van der Waals surface area contributed by atoms with Crippen molar-refractivity contribution in [2.75, 3.05) is 12.1 Å². The number of carbonyl (C=O) groups excluding carboxylic acids is 1. The van der Waals surface area contributed by atoms with Crippen molar-refractivity contribution in [3.63, 3.8) is 0 Å². The average molecular weight is 433 g/mol. The fourth-order valence-corrected chi connectivity index (χ4v) is 2.85. The molecule has 2 heterocycles. The first kappa shape index (κ1) is 20.3. The first-order valence-corrected chi connectivity index (χ1v) is 8.91. The van der Waals surface area contributed by atoms with Crippen LogP contribution in [0.1, 0.15) is 0 Å². The van der Waals surface area contributed by atoms with E-state index in [9.17, 15) is 22.8 Å². The summed E-state index contributed by atoms with van der Waals surface area (Å²) < 4.78 is 52.0. The standard InChI is InChI=1S/C20H14F3N3O5/c21-20(22,23)31-14-4-2-13(3-5-14)24-18(27)10-26-19(28)8-6-15(25-26)12-1-7-16-17(9-12)30-11-29-16/h1-9H,10-11H2,(H,24,27). The fourth-order valence-electron chi connectivity index (χ4n) is 2.85. The van der Waals surface area contributed by atoms with Crippen LogP contribution in [0.2, 0.25) is 0 Å². The second-order valence-electron chi connectivity index (χ2n) is 6.40. The number of anilines is 1. The molecule has 1 aromatic heterocycles. The van der Waals surface area contributed by atoms with Gasteiger partial charge < -0.3 is 19.5 Å². The van der Waals surface area contributed by atoms with E-state index in [1.165, 1.54) is 24.3 Å². The summed E-state index contributed by atoms with van der Waals surface area (Å²) in [7, 11) is 0. The molecule has 0 fully saturated rings. The molecule has 0 aliphatic carbocycles. The molecule has 3 aromatic rings. The average Bonchev–Trinajstić information content (AvgIpc) is 3.18. The summed E-state index contributed by atoms with van der Waals surface area (Å²) in [5, 5.41) is 6.69. The summed E-state index contributed by atoms with van der Waals surface area (Å²) >= 11 is 0. The highest BCUT2D eigenvalue weighted by Gasteiger charge is 2.31. The lowest BCUT2D eigenvalue weighted by Crippen LogP contribution is -2.29. The van der Waals surface area contributed by atoms with Crippen LogP contribution in [0.3, 0.4) is 0 Å². The Kier molecular flexibility index (Phi) is 5.24. The van der Waals surface area contributed by atoms with Crippen molar-refractivity contribution in [2.24, 2.45) is 0 Å². The SMILES string of the molecule is O=C(Cn1nc(-c2ccc3c(c2)OCO3)ccc1=O)Nc1ccc(OC(F)(F)F)cc1. The predicted octanol–water partition coefficient (Wildman–Crippen LogP) is 3.18. The van der Waals surface area contributed by atoms with Crippen LogP contribution < -0.4 is 25.1 Å². The molecule has 0 saturated carbocycles. The van der Waals surface area contributed by atoms with Crippen LogP contribution in [-0.4, -0.2) is 28.8 Å². The van der Waals surface area contributed by atoms with Crippen LogP contribution in [0.5, 0.6) is 17.2 Å². The summed E-state index contributed by atoms with van der Waals surface area (Å²) in [6.45, 7) is -0.271. The van der Waals surface area contributed by atoms with Gasteiger partial charge in [0.2, 0.25) is 12.7 Å². The highest BCUT2D eigenvalue weighted by molar-refractivity contribution is 5.90. The van der Waals surface area contributed by atoms with Crippen molar-refractivity contribution in [1.29, 1.82) is 0 Å². The molecular weight excluding hydrogens is 419 g/mol. The molecule has 31 heavy (non-hydrogen) atoms. The van der Waals surface area contributed by atoms with Crippen LogP contribution in [0.4, 0.5) is 18.9 Å². The molecule has 11 heteroatoms. The monoisotopic (exact) mass is 433 g/mol. The Bertz CT molecular complexity index is 1180. The number of alkyl halides is 3. The molecule has 1 aliphatic rings. The molecule has 1 aliphatic heterocycles. The molecule has 1 N–H and O–H groups in total. The third kappa shape index (κ3) is 4.94. The summed E-state index contributed by atoms with van der Waals surface area (Å²) in [4.78, 5) is 24.4. The van der Waals surface area contributed by atoms with Crippen LogP contribution >= 0.6 is 0 Å². The molecule has 4 rings (SSSR count). The smallest absolute Gasteiger partial charge is 0.454 e. The zero-order valence-electron chi connectivity index (χ0n) is 15.7. The number of amides is 1. The van der Waals surface area contributed by atoms with Gasteiger partial charge in [-0.25, -0.2) is 4.68 Å². The summed E-state index contributed by atoms with van der Waals surface area (Å²) in [5.74, 6) is 0.151. The lowest BCUT2D eigenvalue weighted by molar-refractivity contribution is -0.274. The molecule has 1 amide bonds. The highest BCUT2D eigenvalue weighted by Crippen LogP contribution is 2.35. The van der Waals surface area contributed by atoms with Crippen LogP contribution in [0.15, 0.2) is 59.4 Å². The van der Waals surface area contributed by atoms with Gasteiger partial charge in [0.15, 0.2) is 11.5 Å². The van der Waals surface area contributed by atoms with Gasteiger partial charge in [0.25, 0.3) is 5.56 Å². The summed E-state index contributed by atoms with van der Waals surface area (Å²) in [6, 6.07) is 12.6. The number of rotatable bonds is 5. The van der Waals surface area contributed by atoms with Crippen LogP contribution in [0, 0.1) is 0 Å². The van der Waals surface area contributed by atoms with Gasteiger partial charge in [0, 0.05) is 17.3 Å². The van der Waals surface area contributed by atoms with E-state index in [0.29, 0.717) is 22.8 Å². The zero-order chi connectivity index (χ0) is 22.0. The minimum absolute atomic E-state index is 0.120. The Hall–Kier alpha value is -4.02. The minimum atomic E-state index is -4.80. The lowest BCUT2D eigenvalue weighted by atomic mass is 10.1. The number of aromatic nitrogens is 2. The van der Waals surface area contributed by atoms with Crippen molar-refractivity contribution in [1.82, 2.24) is 9.78 Å². The second-order valence-corrected chi connectivity index (χ2v) is 6.40. The quantitative estimate of drug-likeness (QED) is 0.665. The van der Waals surface area contributed by atoms with E-state index >= 15 is 0 Å². The molecule has 8 nitrogen and oxygen atoms in total. The molecular formula is C20H14F3N3O5. The van der Waals surface area contributed by atoms with E-state index in [1.54, 1.807) is 18.2 Å². The molecule has 0 unspecified atom stereocenters. The van der Waals surface area contributed by atoms with E-state index in [0.717, 1.165) is 16.8 Å². The van der Waals surface area contributed by atoms with Gasteiger partial charge in [-0.05, 0) is 48.5 Å². The second kappa shape index (κ2) is 8.01. The van der Waals surface area contributed by atoms with Crippen molar-refractivity contribution < 1.29 is 32.2 Å². The number of ether oxygens (including phenoxy) is 3. The Balaban J connectivity index is 1.46. The van der Waals surface area contributed by atoms with Crippen LogP contribution in [-0.2, 0) is 11.3 Å². The topological polar surface area (TPSA) is 91.7 Å². The van der Waals surface area contributed by atoms with Crippen molar-refractivity contribution in [3.05, 3.63) is 65.0 Å². The Morgan fingerprint density at radius 1 is 1.06 bits per heavy atom. The van der Waals surface area contributed by atoms with E-state index < -0.39 is 30.1 Å². The van der Waals surface area contributed by atoms with Gasteiger partial charge in [-0.1, -0.05) is 0 Å². The van der Waals surface area contributed by atoms with E-state index in [4.69, 9.17) is 9.47 Å².